The summed E-state index contributed by atoms with van der Waals surface area (Å²) in [5.74, 6) is 1.33. The molecule has 6 nitrogen and oxygen atoms in total. The summed E-state index contributed by atoms with van der Waals surface area (Å²) in [6.07, 6.45) is 1.50. The average Bonchev–Trinajstić information content (AvgIpc) is 2.67. The Balaban J connectivity index is 2.21. The lowest BCUT2D eigenvalue weighted by molar-refractivity contribution is -0.112. The lowest BCUT2D eigenvalue weighted by Gasteiger charge is -2.10. The van der Waals surface area contributed by atoms with Gasteiger partial charge >= 0.3 is 0 Å². The molecule has 0 bridgehead atoms. The summed E-state index contributed by atoms with van der Waals surface area (Å²) in [4.78, 5) is 12.3. The lowest BCUT2D eigenvalue weighted by atomic mass is 10.1. The fourth-order valence-corrected chi connectivity index (χ4v) is 2.24. The van der Waals surface area contributed by atoms with Crippen molar-refractivity contribution in [2.24, 2.45) is 0 Å². The van der Waals surface area contributed by atoms with Crippen LogP contribution in [0, 0.1) is 11.3 Å². The normalized spacial score (nSPS) is 10.6. The van der Waals surface area contributed by atoms with Gasteiger partial charge in [-0.3, -0.25) is 4.79 Å². The second-order valence-corrected chi connectivity index (χ2v) is 5.20. The van der Waals surface area contributed by atoms with E-state index in [4.69, 9.17) is 14.2 Å². The molecule has 6 heteroatoms. The molecule has 1 N–H and O–H groups in total. The second-order valence-electron chi connectivity index (χ2n) is 5.20. The van der Waals surface area contributed by atoms with Crippen LogP contribution >= 0.6 is 0 Å². The summed E-state index contributed by atoms with van der Waals surface area (Å²) in [7, 11) is 3.12. The summed E-state index contributed by atoms with van der Waals surface area (Å²) in [6, 6.07) is 14.0. The number of hydrogen-bond donors (Lipinski definition) is 1. The molecule has 2 aromatic rings. The monoisotopic (exact) mass is 352 g/mol. The van der Waals surface area contributed by atoms with E-state index in [0.29, 0.717) is 35.1 Å². The molecule has 26 heavy (non-hydrogen) atoms. The first-order valence-corrected chi connectivity index (χ1v) is 7.99. The highest BCUT2D eigenvalue weighted by Gasteiger charge is 2.11. The van der Waals surface area contributed by atoms with E-state index < -0.39 is 5.91 Å². The summed E-state index contributed by atoms with van der Waals surface area (Å²) in [5, 5.41) is 12.0. The van der Waals surface area contributed by atoms with Crippen molar-refractivity contribution in [1.82, 2.24) is 0 Å². The highest BCUT2D eigenvalue weighted by Crippen LogP contribution is 2.29. The van der Waals surface area contributed by atoms with Gasteiger partial charge in [0.25, 0.3) is 5.91 Å². The summed E-state index contributed by atoms with van der Waals surface area (Å²) in [5.41, 5.74) is 1.21. The second kappa shape index (κ2) is 9.14. The Morgan fingerprint density at radius 1 is 1.12 bits per heavy atom. The van der Waals surface area contributed by atoms with E-state index in [1.165, 1.54) is 6.08 Å². The Morgan fingerprint density at radius 3 is 2.42 bits per heavy atom. The Morgan fingerprint density at radius 2 is 1.85 bits per heavy atom. The smallest absolute Gasteiger partial charge is 0.266 e. The number of anilines is 1. The molecule has 0 unspecified atom stereocenters. The Bertz CT molecular complexity index is 836. The van der Waals surface area contributed by atoms with Crippen LogP contribution in [0.1, 0.15) is 12.5 Å². The van der Waals surface area contributed by atoms with Gasteiger partial charge in [-0.15, -0.1) is 0 Å². The predicted octanol–water partition coefficient (Wildman–Crippen LogP) is 3.65. The number of methoxy groups -OCH3 is 2. The van der Waals surface area contributed by atoms with Crippen LogP contribution in [-0.2, 0) is 4.79 Å². The van der Waals surface area contributed by atoms with Gasteiger partial charge in [0.15, 0.2) is 11.5 Å². The Labute approximate surface area is 152 Å². The maximum atomic E-state index is 12.3. The third-order valence-corrected chi connectivity index (χ3v) is 3.51. The SMILES string of the molecule is CCOc1cc(C=C(C#N)C(=O)Nc2ccc(OC)cc2)ccc1OC. The number of hydrogen-bond acceptors (Lipinski definition) is 5. The van der Waals surface area contributed by atoms with E-state index in [0.717, 1.165) is 0 Å². The predicted molar refractivity (Wildman–Crippen MR) is 99.4 cm³/mol. The topological polar surface area (TPSA) is 80.6 Å². The molecule has 0 aliphatic rings. The minimum atomic E-state index is -0.494. The zero-order valence-electron chi connectivity index (χ0n) is 14.9. The van der Waals surface area contributed by atoms with Gasteiger partial charge < -0.3 is 19.5 Å². The van der Waals surface area contributed by atoms with E-state index in [1.807, 2.05) is 13.0 Å². The fourth-order valence-electron chi connectivity index (χ4n) is 2.24. The fraction of sp³-hybridized carbons (Fsp3) is 0.200. The number of carbonyl (C=O) groups is 1. The molecule has 0 aliphatic carbocycles. The molecule has 134 valence electrons. The van der Waals surface area contributed by atoms with E-state index in [9.17, 15) is 10.1 Å². The maximum Gasteiger partial charge on any atom is 0.266 e. The van der Waals surface area contributed by atoms with Gasteiger partial charge in [0.2, 0.25) is 0 Å². The number of benzene rings is 2. The van der Waals surface area contributed by atoms with Crippen LogP contribution < -0.4 is 19.5 Å². The Kier molecular flexibility index (Phi) is 6.63. The summed E-state index contributed by atoms with van der Waals surface area (Å²) in [6.45, 7) is 2.34. The van der Waals surface area contributed by atoms with Crippen molar-refractivity contribution in [1.29, 1.82) is 5.26 Å². The molecule has 2 aromatic carbocycles. The quantitative estimate of drug-likeness (QED) is 0.608. The van der Waals surface area contributed by atoms with E-state index in [2.05, 4.69) is 5.32 Å². The maximum absolute atomic E-state index is 12.3. The van der Waals surface area contributed by atoms with Gasteiger partial charge in [-0.2, -0.15) is 5.26 Å². The van der Waals surface area contributed by atoms with Gasteiger partial charge in [0, 0.05) is 5.69 Å². The van der Waals surface area contributed by atoms with Crippen molar-refractivity contribution in [2.75, 3.05) is 26.1 Å². The molecule has 0 aliphatic heterocycles. The third kappa shape index (κ3) is 4.77. The van der Waals surface area contributed by atoms with Gasteiger partial charge in [-0.25, -0.2) is 0 Å². The van der Waals surface area contributed by atoms with Crippen molar-refractivity contribution in [3.05, 3.63) is 53.6 Å². The lowest BCUT2D eigenvalue weighted by Crippen LogP contribution is -2.13. The van der Waals surface area contributed by atoms with Crippen LogP contribution in [0.5, 0.6) is 17.2 Å². The number of amides is 1. The first-order valence-electron chi connectivity index (χ1n) is 7.99. The third-order valence-electron chi connectivity index (χ3n) is 3.51. The largest absolute Gasteiger partial charge is 0.497 e. The van der Waals surface area contributed by atoms with E-state index in [-0.39, 0.29) is 5.57 Å². The minimum Gasteiger partial charge on any atom is -0.497 e. The van der Waals surface area contributed by atoms with Crippen molar-refractivity contribution in [2.45, 2.75) is 6.92 Å². The first-order chi connectivity index (χ1) is 12.6. The Hall–Kier alpha value is -3.46. The standard InChI is InChI=1S/C20H20N2O4/c1-4-26-19-12-14(5-10-18(19)25-3)11-15(13-21)20(23)22-16-6-8-17(24-2)9-7-16/h5-12H,4H2,1-3H3,(H,22,23). The van der Waals surface area contributed by atoms with Crippen LogP contribution in [0.2, 0.25) is 0 Å². The molecule has 1 amide bonds. The molecular weight excluding hydrogens is 332 g/mol. The minimum absolute atomic E-state index is 0.0200. The van der Waals surface area contributed by atoms with Crippen LogP contribution in [0.25, 0.3) is 6.08 Å². The van der Waals surface area contributed by atoms with Crippen LogP contribution in [0.4, 0.5) is 5.69 Å². The van der Waals surface area contributed by atoms with Crippen molar-refractivity contribution in [3.8, 4) is 23.3 Å². The van der Waals surface area contributed by atoms with Crippen LogP contribution in [0.3, 0.4) is 0 Å². The molecule has 0 saturated carbocycles. The average molecular weight is 352 g/mol. The summed E-state index contributed by atoms with van der Waals surface area (Å²) >= 11 is 0. The molecule has 0 radical (unpaired) electrons. The molecule has 2 rings (SSSR count). The van der Waals surface area contributed by atoms with Gasteiger partial charge in [-0.05, 0) is 55.0 Å². The number of rotatable bonds is 7. The number of nitrogens with one attached hydrogen (secondary N) is 1. The number of nitrogens with zero attached hydrogens (tertiary/aromatic N) is 1. The number of carbonyl (C=O) groups excluding carboxylic acids is 1. The molecule has 0 spiro atoms. The molecule has 0 saturated heterocycles. The van der Waals surface area contributed by atoms with Crippen LogP contribution in [-0.4, -0.2) is 26.7 Å². The van der Waals surface area contributed by atoms with Crippen molar-refractivity contribution in [3.63, 3.8) is 0 Å². The highest BCUT2D eigenvalue weighted by molar-refractivity contribution is 6.09. The molecule has 0 aromatic heterocycles. The molecule has 0 heterocycles. The van der Waals surface area contributed by atoms with E-state index in [1.54, 1.807) is 56.7 Å². The van der Waals surface area contributed by atoms with Crippen LogP contribution in [0.15, 0.2) is 48.0 Å². The van der Waals surface area contributed by atoms with E-state index >= 15 is 0 Å². The highest BCUT2D eigenvalue weighted by atomic mass is 16.5. The molecule has 0 atom stereocenters. The zero-order valence-corrected chi connectivity index (χ0v) is 14.9. The number of ether oxygens (including phenoxy) is 3. The van der Waals surface area contributed by atoms with Gasteiger partial charge in [0.05, 0.1) is 20.8 Å². The van der Waals surface area contributed by atoms with Gasteiger partial charge in [-0.1, -0.05) is 6.07 Å². The van der Waals surface area contributed by atoms with Crippen molar-refractivity contribution >= 4 is 17.7 Å². The molecule has 0 fully saturated rings. The summed E-state index contributed by atoms with van der Waals surface area (Å²) < 4.78 is 15.8. The molecular formula is C20H20N2O4. The number of nitriles is 1. The van der Waals surface area contributed by atoms with Crippen molar-refractivity contribution < 1.29 is 19.0 Å². The van der Waals surface area contributed by atoms with Gasteiger partial charge in [0.1, 0.15) is 17.4 Å². The first kappa shape index (κ1) is 18.9. The zero-order chi connectivity index (χ0) is 18.9.